The maximum Gasteiger partial charge on any atom is 0.261 e. The van der Waals surface area contributed by atoms with Crippen molar-refractivity contribution in [3.05, 3.63) is 57.6 Å². The van der Waals surface area contributed by atoms with E-state index in [9.17, 15) is 13.5 Å². The van der Waals surface area contributed by atoms with E-state index in [1.807, 2.05) is 26.0 Å². The molecule has 0 atom stereocenters. The van der Waals surface area contributed by atoms with Crippen LogP contribution in [0.3, 0.4) is 0 Å². The summed E-state index contributed by atoms with van der Waals surface area (Å²) in [5.41, 5.74) is 2.96. The van der Waals surface area contributed by atoms with Crippen molar-refractivity contribution in [2.45, 2.75) is 25.3 Å². The monoisotopic (exact) mass is 369 g/mol. The minimum Gasteiger partial charge on any atom is -0.392 e. The second-order valence-corrected chi connectivity index (χ2v) is 7.37. The molecule has 112 valence electrons. The lowest BCUT2D eigenvalue weighted by molar-refractivity contribution is 0.281. The highest BCUT2D eigenvalue weighted by molar-refractivity contribution is 9.10. The number of aliphatic hydroxyl groups is 1. The summed E-state index contributed by atoms with van der Waals surface area (Å²) in [5, 5.41) is 9.25. The minimum atomic E-state index is -3.69. The lowest BCUT2D eigenvalue weighted by Gasteiger charge is -2.12. The van der Waals surface area contributed by atoms with Gasteiger partial charge in [0.25, 0.3) is 10.0 Å². The summed E-state index contributed by atoms with van der Waals surface area (Å²) in [5.74, 6) is 0. The van der Waals surface area contributed by atoms with Crippen molar-refractivity contribution in [1.29, 1.82) is 0 Å². The fourth-order valence-corrected chi connectivity index (χ4v) is 3.75. The van der Waals surface area contributed by atoms with Crippen molar-refractivity contribution in [2.75, 3.05) is 4.72 Å². The van der Waals surface area contributed by atoms with Gasteiger partial charge in [0, 0.05) is 4.47 Å². The predicted molar refractivity (Wildman–Crippen MR) is 86.8 cm³/mol. The van der Waals surface area contributed by atoms with E-state index in [1.54, 1.807) is 12.1 Å². The zero-order chi connectivity index (χ0) is 15.6. The Labute approximate surface area is 133 Å². The molecule has 0 saturated carbocycles. The highest BCUT2D eigenvalue weighted by Crippen LogP contribution is 2.26. The van der Waals surface area contributed by atoms with E-state index in [0.717, 1.165) is 11.1 Å². The van der Waals surface area contributed by atoms with Crippen LogP contribution in [-0.4, -0.2) is 13.5 Å². The number of halogens is 1. The van der Waals surface area contributed by atoms with Gasteiger partial charge in [0.2, 0.25) is 0 Å². The Morgan fingerprint density at radius 2 is 1.86 bits per heavy atom. The smallest absolute Gasteiger partial charge is 0.261 e. The third-order valence-electron chi connectivity index (χ3n) is 3.17. The van der Waals surface area contributed by atoms with Crippen molar-refractivity contribution in [3.63, 3.8) is 0 Å². The van der Waals surface area contributed by atoms with Crippen molar-refractivity contribution >= 4 is 31.6 Å². The minimum absolute atomic E-state index is 0.129. The number of aryl methyl sites for hydroxylation is 2. The van der Waals surface area contributed by atoms with E-state index in [0.29, 0.717) is 15.7 Å². The molecule has 4 nitrogen and oxygen atoms in total. The summed E-state index contributed by atoms with van der Waals surface area (Å²) in [6.07, 6.45) is 0. The number of anilines is 1. The molecular formula is C15H16BrNO3S. The lowest BCUT2D eigenvalue weighted by atomic mass is 10.1. The summed E-state index contributed by atoms with van der Waals surface area (Å²) in [4.78, 5) is 0.129. The normalized spacial score (nSPS) is 11.4. The predicted octanol–water partition coefficient (Wildman–Crippen LogP) is 3.36. The number of rotatable bonds is 4. The van der Waals surface area contributed by atoms with Gasteiger partial charge in [0.1, 0.15) is 0 Å². The zero-order valence-electron chi connectivity index (χ0n) is 11.7. The van der Waals surface area contributed by atoms with E-state index in [4.69, 9.17) is 0 Å². The van der Waals surface area contributed by atoms with Crippen LogP contribution in [0.1, 0.15) is 16.7 Å². The lowest BCUT2D eigenvalue weighted by Crippen LogP contribution is -2.14. The van der Waals surface area contributed by atoms with Gasteiger partial charge in [0.05, 0.1) is 17.2 Å². The van der Waals surface area contributed by atoms with E-state index in [2.05, 4.69) is 20.7 Å². The first kappa shape index (κ1) is 16.0. The van der Waals surface area contributed by atoms with Gasteiger partial charge >= 0.3 is 0 Å². The Hall–Kier alpha value is -1.37. The number of benzene rings is 2. The van der Waals surface area contributed by atoms with E-state index in [-0.39, 0.29) is 11.5 Å². The van der Waals surface area contributed by atoms with E-state index in [1.165, 1.54) is 12.1 Å². The van der Waals surface area contributed by atoms with Crippen LogP contribution < -0.4 is 4.72 Å². The number of aliphatic hydroxyl groups excluding tert-OH is 1. The molecule has 6 heteroatoms. The molecule has 0 aromatic heterocycles. The van der Waals surface area contributed by atoms with E-state index < -0.39 is 10.0 Å². The van der Waals surface area contributed by atoms with Gasteiger partial charge in [-0.25, -0.2) is 8.42 Å². The zero-order valence-corrected chi connectivity index (χ0v) is 14.1. The molecule has 2 N–H and O–H groups in total. The van der Waals surface area contributed by atoms with Gasteiger partial charge in [-0.2, -0.15) is 0 Å². The third-order valence-corrected chi connectivity index (χ3v) is 5.19. The van der Waals surface area contributed by atoms with Gasteiger partial charge in [0.15, 0.2) is 0 Å². The molecular weight excluding hydrogens is 354 g/mol. The van der Waals surface area contributed by atoms with Crippen LogP contribution in [0.15, 0.2) is 45.8 Å². The third kappa shape index (κ3) is 3.64. The Morgan fingerprint density at radius 1 is 1.14 bits per heavy atom. The molecule has 0 spiro atoms. The maximum absolute atomic E-state index is 12.4. The SMILES string of the molecule is Cc1ccc(NS(=O)(=O)c2ccc(C)c(CO)c2)c(Br)c1. The quantitative estimate of drug-likeness (QED) is 0.867. The second-order valence-electron chi connectivity index (χ2n) is 4.84. The molecule has 0 saturated heterocycles. The average molecular weight is 370 g/mol. The van der Waals surface area contributed by atoms with Crippen molar-refractivity contribution in [2.24, 2.45) is 0 Å². The average Bonchev–Trinajstić information content (AvgIpc) is 2.42. The van der Waals surface area contributed by atoms with Gasteiger partial charge < -0.3 is 5.11 Å². The summed E-state index contributed by atoms with van der Waals surface area (Å²) >= 11 is 3.35. The van der Waals surface area contributed by atoms with Crippen LogP contribution in [0, 0.1) is 13.8 Å². The molecule has 0 unspecified atom stereocenters. The summed E-state index contributed by atoms with van der Waals surface area (Å²) in [6, 6.07) is 10.1. The number of sulfonamides is 1. The molecule has 21 heavy (non-hydrogen) atoms. The van der Waals surface area contributed by atoms with Gasteiger partial charge in [-0.15, -0.1) is 0 Å². The van der Waals surface area contributed by atoms with Crippen molar-refractivity contribution < 1.29 is 13.5 Å². The van der Waals surface area contributed by atoms with Crippen LogP contribution in [0.5, 0.6) is 0 Å². The largest absolute Gasteiger partial charge is 0.392 e. The first-order valence-corrected chi connectivity index (χ1v) is 8.60. The van der Waals surface area contributed by atoms with Crippen molar-refractivity contribution in [1.82, 2.24) is 0 Å². The molecule has 2 aromatic carbocycles. The Balaban J connectivity index is 2.38. The van der Waals surface area contributed by atoms with Gasteiger partial charge in [-0.1, -0.05) is 12.1 Å². The molecule has 0 fully saturated rings. The molecule has 2 rings (SSSR count). The van der Waals surface area contributed by atoms with Crippen LogP contribution >= 0.6 is 15.9 Å². The molecule has 0 amide bonds. The van der Waals surface area contributed by atoms with Gasteiger partial charge in [-0.3, -0.25) is 4.72 Å². The Kier molecular flexibility index (Phi) is 4.70. The second kappa shape index (κ2) is 6.17. The molecule has 0 radical (unpaired) electrons. The molecule has 0 bridgehead atoms. The number of hydrogen-bond acceptors (Lipinski definition) is 3. The highest BCUT2D eigenvalue weighted by atomic mass is 79.9. The van der Waals surface area contributed by atoms with Crippen LogP contribution in [0.2, 0.25) is 0 Å². The summed E-state index contributed by atoms with van der Waals surface area (Å²) in [7, 11) is -3.69. The van der Waals surface area contributed by atoms with Gasteiger partial charge in [-0.05, 0) is 70.7 Å². The van der Waals surface area contributed by atoms with Crippen LogP contribution in [-0.2, 0) is 16.6 Å². The fourth-order valence-electron chi connectivity index (χ4n) is 1.89. The molecule has 0 aliphatic rings. The Morgan fingerprint density at radius 3 is 2.48 bits per heavy atom. The highest BCUT2D eigenvalue weighted by Gasteiger charge is 2.16. The summed E-state index contributed by atoms with van der Waals surface area (Å²) < 4.78 is 28.0. The van der Waals surface area contributed by atoms with Crippen LogP contribution in [0.4, 0.5) is 5.69 Å². The number of hydrogen-bond donors (Lipinski definition) is 2. The topological polar surface area (TPSA) is 66.4 Å². The first-order chi connectivity index (χ1) is 9.83. The first-order valence-electron chi connectivity index (χ1n) is 6.33. The fraction of sp³-hybridized carbons (Fsp3) is 0.200. The van der Waals surface area contributed by atoms with Crippen LogP contribution in [0.25, 0.3) is 0 Å². The molecule has 0 aliphatic carbocycles. The maximum atomic E-state index is 12.4. The van der Waals surface area contributed by atoms with Crippen molar-refractivity contribution in [3.8, 4) is 0 Å². The molecule has 0 aliphatic heterocycles. The standard InChI is InChI=1S/C15H16BrNO3S/c1-10-3-6-15(14(16)7-10)17-21(19,20)13-5-4-11(2)12(8-13)9-18/h3-8,17-18H,9H2,1-2H3. The number of nitrogens with one attached hydrogen (secondary N) is 1. The van der Waals surface area contributed by atoms with E-state index >= 15 is 0 Å². The Bertz CT molecular complexity index is 772. The molecule has 2 aromatic rings. The summed E-state index contributed by atoms with van der Waals surface area (Å²) in [6.45, 7) is 3.56. The molecule has 0 heterocycles.